The van der Waals surface area contributed by atoms with Crippen molar-refractivity contribution in [2.45, 2.75) is 54.6 Å². The van der Waals surface area contributed by atoms with Gasteiger partial charge in [-0.3, -0.25) is 7.86 Å². The Labute approximate surface area is 165 Å². The maximum atomic E-state index is 12.7. The molecule has 1 fully saturated rings. The molecule has 0 aromatic heterocycles. The number of hydrogen-bond donors (Lipinski definition) is 2. The van der Waals surface area contributed by atoms with Crippen LogP contribution in [0.2, 0.25) is 0 Å². The second kappa shape index (κ2) is 9.24. The summed E-state index contributed by atoms with van der Waals surface area (Å²) in [4.78, 5) is 12.7. The fourth-order valence-electron chi connectivity index (χ4n) is 4.51. The zero-order chi connectivity index (χ0) is 18.5. The molecule has 1 amide bonds. The van der Waals surface area contributed by atoms with Crippen LogP contribution < -0.4 is 5.32 Å². The van der Waals surface area contributed by atoms with Crippen molar-refractivity contribution >= 4 is 38.7 Å². The van der Waals surface area contributed by atoms with Gasteiger partial charge in [0.2, 0.25) is 5.91 Å². The van der Waals surface area contributed by atoms with Gasteiger partial charge in [-0.2, -0.15) is 0 Å². The molecule has 5 nitrogen and oxygen atoms in total. The summed E-state index contributed by atoms with van der Waals surface area (Å²) >= 11 is 4.34. The molecule has 0 bridgehead atoms. The van der Waals surface area contributed by atoms with Gasteiger partial charge < -0.3 is 15.2 Å². The summed E-state index contributed by atoms with van der Waals surface area (Å²) in [7, 11) is 1.59. The lowest BCUT2D eigenvalue weighted by atomic mass is 9.71. The molecule has 0 aromatic carbocycles. The summed E-state index contributed by atoms with van der Waals surface area (Å²) in [6, 6.07) is 0. The molecule has 1 saturated heterocycles. The van der Waals surface area contributed by atoms with Crippen molar-refractivity contribution in [1.29, 1.82) is 0 Å². The van der Waals surface area contributed by atoms with Gasteiger partial charge in [-0.15, -0.1) is 11.6 Å². The highest BCUT2D eigenvalue weighted by Crippen LogP contribution is 2.55. The Balaban J connectivity index is 2.48. The number of halogens is 2. The lowest BCUT2D eigenvalue weighted by Gasteiger charge is -2.46. The highest BCUT2D eigenvalue weighted by molar-refractivity contribution is 14.1. The number of nitrogens with one attached hydrogen (secondary N) is 1. The highest BCUT2D eigenvalue weighted by atomic mass is 127. The Hall–Kier alpha value is -0.0500. The van der Waals surface area contributed by atoms with Crippen LogP contribution in [0.4, 0.5) is 0 Å². The zero-order valence-electron chi connectivity index (χ0n) is 15.0. The van der Waals surface area contributed by atoms with Gasteiger partial charge in [-0.25, -0.2) is 0 Å². The minimum atomic E-state index is -1.60. The number of aliphatic hydroxyl groups is 1. The van der Waals surface area contributed by atoms with Crippen molar-refractivity contribution in [3.05, 3.63) is 12.2 Å². The van der Waals surface area contributed by atoms with Crippen LogP contribution in [0.15, 0.2) is 12.2 Å². The Morgan fingerprint density at radius 2 is 2.32 bits per heavy atom. The smallest absolute Gasteiger partial charge is 0.227 e. The highest BCUT2D eigenvalue weighted by Gasteiger charge is 2.66. The summed E-state index contributed by atoms with van der Waals surface area (Å²) in [6.45, 7) is 1.99. The van der Waals surface area contributed by atoms with Crippen molar-refractivity contribution < 1.29 is 17.7 Å². The number of ether oxygens (including phenoxy) is 1. The quantitative estimate of drug-likeness (QED) is 0.227. The molecule has 1 aliphatic carbocycles. The average molecular weight is 486 g/mol. The molecule has 1 aliphatic heterocycles. The monoisotopic (exact) mass is 485 g/mol. The van der Waals surface area contributed by atoms with Gasteiger partial charge in [0.1, 0.15) is 5.60 Å². The van der Waals surface area contributed by atoms with Crippen LogP contribution in [0.25, 0.3) is 0 Å². The third-order valence-corrected chi connectivity index (χ3v) is 9.00. The molecule has 0 radical (unpaired) electrons. The molecule has 5 atom stereocenters. The molecule has 0 aromatic rings. The van der Waals surface area contributed by atoms with Crippen molar-refractivity contribution in [2.75, 3.05) is 19.6 Å². The van der Waals surface area contributed by atoms with Crippen molar-refractivity contribution in [2.24, 2.45) is 17.8 Å². The van der Waals surface area contributed by atoms with Crippen LogP contribution in [0.5, 0.6) is 0 Å². The SMILES string of the molecule is CO[C@]1(C)[C@H](CCCl)C(=O)N[C@@]1(I=O)C(CCCO)C1C=CCCC1. The molecule has 0 saturated carbocycles. The molecule has 144 valence electrons. The maximum absolute atomic E-state index is 12.7. The summed E-state index contributed by atoms with van der Waals surface area (Å²) < 4.78 is 17.7. The lowest BCUT2D eigenvalue weighted by Crippen LogP contribution is -2.60. The molecule has 25 heavy (non-hydrogen) atoms. The van der Waals surface area contributed by atoms with E-state index in [-0.39, 0.29) is 24.3 Å². The van der Waals surface area contributed by atoms with E-state index in [2.05, 4.69) is 17.5 Å². The van der Waals surface area contributed by atoms with Crippen LogP contribution in [-0.4, -0.2) is 39.8 Å². The van der Waals surface area contributed by atoms with E-state index in [4.69, 9.17) is 16.3 Å². The standard InChI is InChI=1S/C18H29ClINO4/c1-17(25-2)15(10-11-19)16(23)21-18(17,20-24)14(9-6-12-22)13-7-4-3-5-8-13/h4,7,13-15,22H,3,5-6,8-12H2,1-2H3,(H,21,23)/t13?,14?,15-,17-,18+/m1/s1. The number of carbonyl (C=O) groups is 1. The molecule has 7 heteroatoms. The fourth-order valence-corrected chi connectivity index (χ4v) is 7.24. The van der Waals surface area contributed by atoms with Gasteiger partial charge in [0.25, 0.3) is 0 Å². The van der Waals surface area contributed by atoms with Crippen LogP contribution in [0.3, 0.4) is 0 Å². The molecule has 2 N–H and O–H groups in total. The maximum Gasteiger partial charge on any atom is 0.227 e. The average Bonchev–Trinajstić information content (AvgIpc) is 2.86. The van der Waals surface area contributed by atoms with Crippen molar-refractivity contribution in [3.63, 3.8) is 0 Å². The molecular formula is C18H29ClINO4. The number of carbonyl (C=O) groups excluding carboxylic acids is 1. The fraction of sp³-hybridized carbons (Fsp3) is 0.833. The molecule has 2 unspecified atom stereocenters. The zero-order valence-corrected chi connectivity index (χ0v) is 17.9. The number of methoxy groups -OCH3 is 1. The first-order valence-electron chi connectivity index (χ1n) is 8.99. The Morgan fingerprint density at radius 1 is 1.56 bits per heavy atom. The van der Waals surface area contributed by atoms with E-state index in [1.54, 1.807) is 7.11 Å². The topological polar surface area (TPSA) is 75.6 Å². The third kappa shape index (κ3) is 3.82. The first-order chi connectivity index (χ1) is 12.0. The van der Waals surface area contributed by atoms with E-state index in [9.17, 15) is 13.0 Å². The van der Waals surface area contributed by atoms with Gasteiger partial charge in [-0.1, -0.05) is 12.2 Å². The largest absolute Gasteiger partial charge is 0.396 e. The van der Waals surface area contributed by atoms with E-state index in [1.807, 2.05) is 6.92 Å². The van der Waals surface area contributed by atoms with E-state index in [0.29, 0.717) is 25.1 Å². The summed E-state index contributed by atoms with van der Waals surface area (Å²) in [5.41, 5.74) is -0.862. The first kappa shape index (κ1) is 21.3. The molecular weight excluding hydrogens is 457 g/mol. The molecule has 1 heterocycles. The Morgan fingerprint density at radius 3 is 2.84 bits per heavy atom. The number of alkyl halides is 2. The predicted molar refractivity (Wildman–Crippen MR) is 106 cm³/mol. The Kier molecular flexibility index (Phi) is 7.85. The minimum absolute atomic E-state index is 0.0178. The predicted octanol–water partition coefficient (Wildman–Crippen LogP) is 3.52. The van der Waals surface area contributed by atoms with Gasteiger partial charge >= 0.3 is 0 Å². The van der Waals surface area contributed by atoms with Crippen molar-refractivity contribution in [3.8, 4) is 0 Å². The molecule has 2 aliphatic rings. The second-order valence-corrected chi connectivity index (χ2v) is 9.63. The normalized spacial score (nSPS) is 36.4. The number of aliphatic hydroxyl groups excluding tert-OH is 1. The number of rotatable bonds is 9. The Bertz CT molecular complexity index is 517. The molecule has 0 spiro atoms. The number of amides is 1. The van der Waals surface area contributed by atoms with Crippen LogP contribution in [0.1, 0.15) is 45.4 Å². The summed E-state index contributed by atoms with van der Waals surface area (Å²) in [5.74, 6) is 0.0472. The van der Waals surface area contributed by atoms with Gasteiger partial charge in [0, 0.05) is 25.5 Å². The van der Waals surface area contributed by atoms with Gasteiger partial charge in [-0.05, 0) is 51.4 Å². The van der Waals surface area contributed by atoms with Crippen LogP contribution >= 0.6 is 32.8 Å². The first-order valence-corrected chi connectivity index (χ1v) is 11.5. The van der Waals surface area contributed by atoms with Crippen LogP contribution in [0, 0.1) is 17.8 Å². The van der Waals surface area contributed by atoms with E-state index in [0.717, 1.165) is 19.3 Å². The van der Waals surface area contributed by atoms with Crippen molar-refractivity contribution in [1.82, 2.24) is 5.32 Å². The number of hydrogen-bond acceptors (Lipinski definition) is 4. The summed E-state index contributed by atoms with van der Waals surface area (Å²) in [5, 5.41) is 12.5. The second-order valence-electron chi connectivity index (χ2n) is 7.11. The molecule has 2 rings (SSSR count). The minimum Gasteiger partial charge on any atom is -0.396 e. The van der Waals surface area contributed by atoms with E-state index < -0.39 is 36.3 Å². The van der Waals surface area contributed by atoms with Gasteiger partial charge in [0.15, 0.2) is 24.7 Å². The lowest BCUT2D eigenvalue weighted by molar-refractivity contribution is -0.127. The third-order valence-electron chi connectivity index (χ3n) is 5.95. The van der Waals surface area contributed by atoms with Crippen LogP contribution in [-0.2, 0) is 12.6 Å². The van der Waals surface area contributed by atoms with E-state index in [1.165, 1.54) is 0 Å². The van der Waals surface area contributed by atoms with Gasteiger partial charge in [0.05, 0.1) is 5.92 Å². The van der Waals surface area contributed by atoms with E-state index >= 15 is 0 Å². The summed E-state index contributed by atoms with van der Waals surface area (Å²) in [6.07, 6.45) is 9.36. The number of allylic oxidation sites excluding steroid dienone is 2.